The second kappa shape index (κ2) is 9.35. The van der Waals surface area contributed by atoms with Gasteiger partial charge in [-0.15, -0.1) is 0 Å². The van der Waals surface area contributed by atoms with Gasteiger partial charge in [0.05, 0.1) is 17.7 Å². The largest absolute Gasteiger partial charge is 0.495 e. The van der Waals surface area contributed by atoms with Crippen LogP contribution in [0.1, 0.15) is 5.56 Å². The molecule has 2 aromatic carbocycles. The van der Waals surface area contributed by atoms with E-state index in [0.29, 0.717) is 5.02 Å². The van der Waals surface area contributed by atoms with Crippen LogP contribution >= 0.6 is 11.6 Å². The number of ether oxygens (including phenoxy) is 2. The minimum absolute atomic E-state index is 0.101. The van der Waals surface area contributed by atoms with Gasteiger partial charge in [0.25, 0.3) is 11.6 Å². The molecule has 2 rings (SSSR count). The third-order valence-electron chi connectivity index (χ3n) is 3.30. The molecule has 140 valence electrons. The van der Waals surface area contributed by atoms with Gasteiger partial charge in [-0.3, -0.25) is 14.9 Å². The number of nitrogens with zero attached hydrogens (tertiary/aromatic N) is 1. The molecule has 8 nitrogen and oxygen atoms in total. The summed E-state index contributed by atoms with van der Waals surface area (Å²) in [4.78, 5) is 33.8. The number of nitro benzene ring substituents is 1. The van der Waals surface area contributed by atoms with Crippen LogP contribution in [0.4, 0.5) is 11.4 Å². The van der Waals surface area contributed by atoms with Crippen molar-refractivity contribution < 1.29 is 24.0 Å². The van der Waals surface area contributed by atoms with E-state index in [1.807, 2.05) is 0 Å². The van der Waals surface area contributed by atoms with Gasteiger partial charge in [-0.25, -0.2) is 4.79 Å². The number of benzene rings is 2. The summed E-state index contributed by atoms with van der Waals surface area (Å²) in [6.45, 7) is -0.560. The first-order chi connectivity index (χ1) is 12.9. The number of anilines is 1. The topological polar surface area (TPSA) is 108 Å². The number of halogens is 1. The van der Waals surface area contributed by atoms with Gasteiger partial charge in [-0.1, -0.05) is 23.7 Å². The lowest BCUT2D eigenvalue weighted by Gasteiger charge is -2.09. The Morgan fingerprint density at radius 3 is 2.56 bits per heavy atom. The van der Waals surface area contributed by atoms with E-state index in [4.69, 9.17) is 21.1 Å². The third kappa shape index (κ3) is 6.12. The molecule has 2 aromatic rings. The monoisotopic (exact) mass is 390 g/mol. The average molecular weight is 391 g/mol. The van der Waals surface area contributed by atoms with Crippen molar-refractivity contribution in [2.45, 2.75) is 0 Å². The van der Waals surface area contributed by atoms with E-state index < -0.39 is 23.4 Å². The predicted octanol–water partition coefficient (Wildman–Crippen LogP) is 3.45. The maximum absolute atomic E-state index is 11.9. The Morgan fingerprint density at radius 1 is 1.22 bits per heavy atom. The highest BCUT2D eigenvalue weighted by molar-refractivity contribution is 6.30. The maximum Gasteiger partial charge on any atom is 0.331 e. The fourth-order valence-electron chi connectivity index (χ4n) is 2.02. The van der Waals surface area contributed by atoms with Crippen LogP contribution in [0.5, 0.6) is 5.75 Å². The molecule has 0 aliphatic carbocycles. The number of methoxy groups -OCH3 is 1. The molecule has 0 aliphatic heterocycles. The van der Waals surface area contributed by atoms with Crippen molar-refractivity contribution in [1.82, 2.24) is 0 Å². The Labute approximate surface area is 159 Å². The van der Waals surface area contributed by atoms with Gasteiger partial charge in [0.15, 0.2) is 6.61 Å². The number of nitro groups is 1. The summed E-state index contributed by atoms with van der Waals surface area (Å²) in [5.41, 5.74) is 0.626. The predicted molar refractivity (Wildman–Crippen MR) is 99.7 cm³/mol. The minimum Gasteiger partial charge on any atom is -0.495 e. The fourth-order valence-corrected chi connectivity index (χ4v) is 2.14. The van der Waals surface area contributed by atoms with E-state index in [-0.39, 0.29) is 17.1 Å². The van der Waals surface area contributed by atoms with E-state index in [0.717, 1.165) is 11.6 Å². The Balaban J connectivity index is 1.92. The van der Waals surface area contributed by atoms with Crippen molar-refractivity contribution in [3.05, 3.63) is 69.2 Å². The van der Waals surface area contributed by atoms with E-state index >= 15 is 0 Å². The van der Waals surface area contributed by atoms with E-state index in [2.05, 4.69) is 5.32 Å². The molecule has 1 amide bonds. The number of amides is 1. The summed E-state index contributed by atoms with van der Waals surface area (Å²) in [6.07, 6.45) is 2.69. The Hall–Kier alpha value is -3.39. The normalized spacial score (nSPS) is 10.4. The average Bonchev–Trinajstić information content (AvgIpc) is 2.65. The van der Waals surface area contributed by atoms with Crippen LogP contribution in [0, 0.1) is 10.1 Å². The van der Waals surface area contributed by atoms with Crippen molar-refractivity contribution >= 4 is 40.9 Å². The van der Waals surface area contributed by atoms with Crippen molar-refractivity contribution in [3.63, 3.8) is 0 Å². The van der Waals surface area contributed by atoms with Crippen LogP contribution in [0.25, 0.3) is 6.08 Å². The van der Waals surface area contributed by atoms with Gasteiger partial charge in [-0.05, 0) is 29.8 Å². The number of hydrogen-bond acceptors (Lipinski definition) is 6. The zero-order chi connectivity index (χ0) is 19.8. The Morgan fingerprint density at radius 2 is 1.93 bits per heavy atom. The van der Waals surface area contributed by atoms with Crippen LogP contribution in [0.15, 0.2) is 48.5 Å². The van der Waals surface area contributed by atoms with Crippen molar-refractivity contribution in [3.8, 4) is 5.75 Å². The van der Waals surface area contributed by atoms with Gasteiger partial charge in [-0.2, -0.15) is 0 Å². The number of rotatable bonds is 7. The lowest BCUT2D eigenvalue weighted by molar-refractivity contribution is -0.384. The molecule has 0 radical (unpaired) electrons. The number of hydrogen-bond donors (Lipinski definition) is 1. The van der Waals surface area contributed by atoms with Crippen LogP contribution in [0.2, 0.25) is 5.02 Å². The molecule has 0 spiro atoms. The molecular weight excluding hydrogens is 376 g/mol. The second-order valence-electron chi connectivity index (χ2n) is 5.18. The highest BCUT2D eigenvalue weighted by Crippen LogP contribution is 2.28. The van der Waals surface area contributed by atoms with Crippen molar-refractivity contribution in [2.24, 2.45) is 0 Å². The second-order valence-corrected chi connectivity index (χ2v) is 5.62. The first-order valence-corrected chi connectivity index (χ1v) is 7.99. The van der Waals surface area contributed by atoms with Crippen LogP contribution < -0.4 is 10.1 Å². The molecule has 0 unspecified atom stereocenters. The van der Waals surface area contributed by atoms with Crippen molar-refractivity contribution in [1.29, 1.82) is 0 Å². The van der Waals surface area contributed by atoms with Gasteiger partial charge < -0.3 is 14.8 Å². The summed E-state index contributed by atoms with van der Waals surface area (Å²) in [6, 6.07) is 10.5. The van der Waals surface area contributed by atoms with Gasteiger partial charge in [0, 0.05) is 23.2 Å². The third-order valence-corrected chi connectivity index (χ3v) is 3.55. The molecule has 0 fully saturated rings. The number of non-ortho nitro benzene ring substituents is 1. The van der Waals surface area contributed by atoms with Crippen LogP contribution in [-0.4, -0.2) is 30.5 Å². The first-order valence-electron chi connectivity index (χ1n) is 7.61. The summed E-state index contributed by atoms with van der Waals surface area (Å²) >= 11 is 5.77. The highest BCUT2D eigenvalue weighted by Gasteiger charge is 2.14. The molecule has 0 heterocycles. The molecule has 0 aromatic heterocycles. The van der Waals surface area contributed by atoms with Crippen LogP contribution in [0.3, 0.4) is 0 Å². The number of esters is 1. The minimum atomic E-state index is -0.717. The van der Waals surface area contributed by atoms with Crippen molar-refractivity contribution in [2.75, 3.05) is 19.0 Å². The zero-order valence-electron chi connectivity index (χ0n) is 14.2. The Bertz CT molecular complexity index is 880. The smallest absolute Gasteiger partial charge is 0.331 e. The quantitative estimate of drug-likeness (QED) is 0.336. The number of carbonyl (C=O) groups is 2. The van der Waals surface area contributed by atoms with Gasteiger partial charge in [0.2, 0.25) is 0 Å². The molecular formula is C18H15ClN2O6. The lowest BCUT2D eigenvalue weighted by Crippen LogP contribution is -2.20. The highest BCUT2D eigenvalue weighted by atomic mass is 35.5. The van der Waals surface area contributed by atoms with E-state index in [9.17, 15) is 19.7 Å². The summed E-state index contributed by atoms with van der Waals surface area (Å²) < 4.78 is 9.87. The van der Waals surface area contributed by atoms with E-state index in [1.54, 1.807) is 24.3 Å². The first kappa shape index (κ1) is 19.9. The van der Waals surface area contributed by atoms with E-state index in [1.165, 1.54) is 31.4 Å². The SMILES string of the molecule is COc1ccc([N+](=O)[O-])cc1NC(=O)COC(=O)/C=C/c1ccc(Cl)cc1. The standard InChI is InChI=1S/C18H15ClN2O6/c1-26-16-8-7-14(21(24)25)10-15(16)20-17(22)11-27-18(23)9-4-12-2-5-13(19)6-3-12/h2-10H,11H2,1H3,(H,20,22)/b9-4+. The molecule has 0 aliphatic rings. The number of carbonyl (C=O) groups excluding carboxylic acids is 2. The Kier molecular flexibility index (Phi) is 6.90. The van der Waals surface area contributed by atoms with Gasteiger partial charge >= 0.3 is 5.97 Å². The summed E-state index contributed by atoms with van der Waals surface area (Å²) in [5.74, 6) is -1.14. The molecule has 27 heavy (non-hydrogen) atoms. The molecule has 9 heteroatoms. The maximum atomic E-state index is 11.9. The molecule has 0 bridgehead atoms. The van der Waals surface area contributed by atoms with Crippen LogP contribution in [-0.2, 0) is 14.3 Å². The molecule has 0 atom stereocenters. The molecule has 0 saturated carbocycles. The number of nitrogens with one attached hydrogen (secondary N) is 1. The lowest BCUT2D eigenvalue weighted by atomic mass is 10.2. The molecule has 1 N–H and O–H groups in total. The fraction of sp³-hybridized carbons (Fsp3) is 0.111. The summed E-state index contributed by atoms with van der Waals surface area (Å²) in [5, 5.41) is 13.8. The summed E-state index contributed by atoms with van der Waals surface area (Å²) in [7, 11) is 1.36. The molecule has 0 saturated heterocycles. The van der Waals surface area contributed by atoms with Gasteiger partial charge in [0.1, 0.15) is 5.75 Å². The zero-order valence-corrected chi connectivity index (χ0v) is 14.9.